The van der Waals surface area contributed by atoms with Crippen LogP contribution in [0.4, 0.5) is 13.2 Å². The number of amides is 1. The van der Waals surface area contributed by atoms with E-state index in [0.717, 1.165) is 0 Å². The molecule has 2 aliphatic rings. The number of fused-ring (bicyclic) bond motifs is 2. The molecule has 2 aromatic rings. The molecule has 8 heteroatoms. The molecule has 1 spiro atoms. The van der Waals surface area contributed by atoms with Crippen molar-refractivity contribution < 1.29 is 22.7 Å². The fraction of sp³-hybridized carbons (Fsp3) is 0.476. The standard InChI is InChI=1S/C21H24F3N3O2/c1-25-13-14-27-17(7-8-18(27)21(22,23)24)20(25)9-11-26(12-10-20)19(28)15-3-5-16(29-2)6-4-15/h3-8H,9-14H2,1-2H3. The van der Waals surface area contributed by atoms with Crippen molar-refractivity contribution >= 4 is 5.91 Å². The topological polar surface area (TPSA) is 37.7 Å². The van der Waals surface area contributed by atoms with Crippen LogP contribution in [0.3, 0.4) is 0 Å². The monoisotopic (exact) mass is 407 g/mol. The number of carbonyl (C=O) groups is 1. The molecule has 0 radical (unpaired) electrons. The van der Waals surface area contributed by atoms with Crippen molar-refractivity contribution in [3.63, 3.8) is 0 Å². The van der Waals surface area contributed by atoms with Crippen molar-refractivity contribution in [1.82, 2.24) is 14.4 Å². The van der Waals surface area contributed by atoms with E-state index in [-0.39, 0.29) is 5.91 Å². The predicted octanol–water partition coefficient (Wildman–Crippen LogP) is 3.59. The maximum atomic E-state index is 13.4. The minimum absolute atomic E-state index is 0.0627. The first-order valence-corrected chi connectivity index (χ1v) is 9.68. The molecule has 29 heavy (non-hydrogen) atoms. The molecule has 1 aromatic carbocycles. The summed E-state index contributed by atoms with van der Waals surface area (Å²) in [6, 6.07) is 9.76. The van der Waals surface area contributed by atoms with Crippen LogP contribution in [0.15, 0.2) is 36.4 Å². The van der Waals surface area contributed by atoms with Crippen LogP contribution in [0.2, 0.25) is 0 Å². The molecule has 4 rings (SSSR count). The second kappa shape index (κ2) is 7.09. The van der Waals surface area contributed by atoms with Gasteiger partial charge in [0.05, 0.1) is 12.6 Å². The van der Waals surface area contributed by atoms with Crippen LogP contribution in [-0.2, 0) is 18.3 Å². The molecular formula is C21H24F3N3O2. The summed E-state index contributed by atoms with van der Waals surface area (Å²) in [5.74, 6) is 0.622. The molecule has 0 atom stereocenters. The third kappa shape index (κ3) is 3.29. The minimum Gasteiger partial charge on any atom is -0.497 e. The Morgan fingerprint density at radius 1 is 1.00 bits per heavy atom. The lowest BCUT2D eigenvalue weighted by atomic mass is 9.81. The number of likely N-dealkylation sites (tertiary alicyclic amines) is 1. The number of ether oxygens (including phenoxy) is 1. The van der Waals surface area contributed by atoms with Gasteiger partial charge in [-0.3, -0.25) is 9.69 Å². The second-order valence-corrected chi connectivity index (χ2v) is 7.73. The number of alkyl halides is 3. The van der Waals surface area contributed by atoms with Crippen LogP contribution >= 0.6 is 0 Å². The summed E-state index contributed by atoms with van der Waals surface area (Å²) < 4.78 is 46.7. The molecule has 0 unspecified atom stereocenters. The lowest BCUT2D eigenvalue weighted by molar-refractivity contribution is -0.144. The lowest BCUT2D eigenvalue weighted by Gasteiger charge is -2.50. The predicted molar refractivity (Wildman–Crippen MR) is 102 cm³/mol. The smallest absolute Gasteiger partial charge is 0.431 e. The number of piperidine rings is 1. The molecule has 156 valence electrons. The first-order valence-electron chi connectivity index (χ1n) is 9.68. The van der Waals surface area contributed by atoms with E-state index in [0.29, 0.717) is 56.0 Å². The van der Waals surface area contributed by atoms with Gasteiger partial charge in [0.1, 0.15) is 11.4 Å². The SMILES string of the molecule is COc1ccc(C(=O)N2CCC3(CC2)c2ccc(C(F)(F)F)n2CCN3C)cc1. The number of halogens is 3. The van der Waals surface area contributed by atoms with Crippen molar-refractivity contribution in [2.24, 2.45) is 0 Å². The molecule has 1 fully saturated rings. The molecule has 0 N–H and O–H groups in total. The van der Waals surface area contributed by atoms with Gasteiger partial charge < -0.3 is 14.2 Å². The van der Waals surface area contributed by atoms with Crippen molar-refractivity contribution in [3.8, 4) is 5.75 Å². The summed E-state index contributed by atoms with van der Waals surface area (Å²) in [7, 11) is 3.53. The molecular weight excluding hydrogens is 383 g/mol. The van der Waals surface area contributed by atoms with Gasteiger partial charge in [-0.1, -0.05) is 0 Å². The third-order valence-corrected chi connectivity index (χ3v) is 6.35. The largest absolute Gasteiger partial charge is 0.497 e. The normalized spacial score (nSPS) is 19.3. The molecule has 0 saturated carbocycles. The first-order chi connectivity index (χ1) is 13.8. The number of rotatable bonds is 2. The van der Waals surface area contributed by atoms with Gasteiger partial charge >= 0.3 is 6.18 Å². The van der Waals surface area contributed by atoms with Gasteiger partial charge in [-0.05, 0) is 56.3 Å². The Bertz CT molecular complexity index is 897. The van der Waals surface area contributed by atoms with E-state index in [2.05, 4.69) is 4.90 Å². The van der Waals surface area contributed by atoms with Crippen molar-refractivity contribution in [1.29, 1.82) is 0 Å². The zero-order valence-electron chi connectivity index (χ0n) is 16.5. The summed E-state index contributed by atoms with van der Waals surface area (Å²) in [5.41, 5.74) is 0.228. The van der Waals surface area contributed by atoms with E-state index < -0.39 is 17.4 Å². The number of hydrogen-bond acceptors (Lipinski definition) is 3. The van der Waals surface area contributed by atoms with Gasteiger partial charge in [-0.25, -0.2) is 0 Å². The summed E-state index contributed by atoms with van der Waals surface area (Å²) in [6.45, 7) is 1.88. The van der Waals surface area contributed by atoms with Crippen molar-refractivity contribution in [3.05, 3.63) is 53.3 Å². The minimum atomic E-state index is -4.36. The number of benzene rings is 1. The highest BCUT2D eigenvalue weighted by atomic mass is 19.4. The molecule has 3 heterocycles. The summed E-state index contributed by atoms with van der Waals surface area (Å²) in [4.78, 5) is 16.8. The van der Waals surface area contributed by atoms with Gasteiger partial charge in [0.25, 0.3) is 5.91 Å². The summed E-state index contributed by atoms with van der Waals surface area (Å²) >= 11 is 0. The van der Waals surface area contributed by atoms with E-state index in [1.807, 2.05) is 7.05 Å². The highest BCUT2D eigenvalue weighted by Gasteiger charge is 2.47. The average Bonchev–Trinajstić information content (AvgIpc) is 3.17. The van der Waals surface area contributed by atoms with E-state index in [4.69, 9.17) is 4.74 Å². The molecule has 5 nitrogen and oxygen atoms in total. The van der Waals surface area contributed by atoms with Gasteiger partial charge in [0.2, 0.25) is 0 Å². The Labute approximate surface area is 167 Å². The molecule has 0 bridgehead atoms. The maximum absolute atomic E-state index is 13.4. The fourth-order valence-corrected chi connectivity index (χ4v) is 4.66. The molecule has 2 aliphatic heterocycles. The van der Waals surface area contributed by atoms with E-state index in [9.17, 15) is 18.0 Å². The van der Waals surface area contributed by atoms with Crippen LogP contribution in [0, 0.1) is 0 Å². The Hall–Kier alpha value is -2.48. The first kappa shape index (κ1) is 19.8. The Morgan fingerprint density at radius 3 is 2.24 bits per heavy atom. The van der Waals surface area contributed by atoms with E-state index in [1.54, 1.807) is 42.3 Å². The highest BCUT2D eigenvalue weighted by molar-refractivity contribution is 5.94. The van der Waals surface area contributed by atoms with Gasteiger partial charge in [-0.15, -0.1) is 0 Å². The molecule has 1 amide bonds. The van der Waals surface area contributed by atoms with Crippen LogP contribution in [-0.4, -0.2) is 54.1 Å². The van der Waals surface area contributed by atoms with Gasteiger partial charge in [0.15, 0.2) is 0 Å². The van der Waals surface area contributed by atoms with E-state index in [1.165, 1.54) is 10.6 Å². The Kier molecular flexibility index (Phi) is 4.85. The van der Waals surface area contributed by atoms with Gasteiger partial charge in [-0.2, -0.15) is 13.2 Å². The molecule has 1 saturated heterocycles. The summed E-state index contributed by atoms with van der Waals surface area (Å²) in [6.07, 6.45) is -3.15. The number of carbonyl (C=O) groups excluding carboxylic acids is 1. The molecule has 0 aliphatic carbocycles. The van der Waals surface area contributed by atoms with Crippen LogP contribution in [0.25, 0.3) is 0 Å². The lowest BCUT2D eigenvalue weighted by Crippen LogP contribution is -2.56. The zero-order valence-corrected chi connectivity index (χ0v) is 16.5. The van der Waals surface area contributed by atoms with Crippen LogP contribution in [0.1, 0.15) is 34.6 Å². The third-order valence-electron chi connectivity index (χ3n) is 6.35. The van der Waals surface area contributed by atoms with Crippen molar-refractivity contribution in [2.45, 2.75) is 31.1 Å². The zero-order chi connectivity index (χ0) is 20.8. The van der Waals surface area contributed by atoms with Crippen LogP contribution < -0.4 is 4.74 Å². The van der Waals surface area contributed by atoms with Crippen molar-refractivity contribution in [2.75, 3.05) is 33.8 Å². The average molecular weight is 407 g/mol. The number of aromatic nitrogens is 1. The number of nitrogens with zero attached hydrogens (tertiary/aromatic N) is 3. The van der Waals surface area contributed by atoms with Gasteiger partial charge in [0, 0.05) is 37.4 Å². The number of likely N-dealkylation sites (N-methyl/N-ethyl adjacent to an activating group) is 1. The van der Waals surface area contributed by atoms with Crippen LogP contribution in [0.5, 0.6) is 5.75 Å². The fourth-order valence-electron chi connectivity index (χ4n) is 4.66. The number of methoxy groups -OCH3 is 1. The van der Waals surface area contributed by atoms with E-state index >= 15 is 0 Å². The Balaban J connectivity index is 1.55. The molecule has 1 aromatic heterocycles. The second-order valence-electron chi connectivity index (χ2n) is 7.73. The maximum Gasteiger partial charge on any atom is 0.431 e. The summed E-state index contributed by atoms with van der Waals surface area (Å²) in [5, 5.41) is 0. The number of hydrogen-bond donors (Lipinski definition) is 0. The Morgan fingerprint density at radius 2 is 1.66 bits per heavy atom. The quantitative estimate of drug-likeness (QED) is 0.764. The highest BCUT2D eigenvalue weighted by Crippen LogP contribution is 2.44.